The van der Waals surface area contributed by atoms with Crippen molar-refractivity contribution in [2.24, 2.45) is 0 Å². The van der Waals surface area contributed by atoms with E-state index in [1.54, 1.807) is 11.3 Å². The number of likely N-dealkylation sites (N-methyl/N-ethyl adjacent to an activating group) is 1. The lowest BCUT2D eigenvalue weighted by molar-refractivity contribution is -0.117. The van der Waals surface area contributed by atoms with Crippen molar-refractivity contribution in [3.05, 3.63) is 16.0 Å². The van der Waals surface area contributed by atoms with Crippen molar-refractivity contribution < 1.29 is 4.79 Å². The highest BCUT2D eigenvalue weighted by molar-refractivity contribution is 7.16. The molecule has 1 saturated heterocycles. The molecule has 0 radical (unpaired) electrons. The number of carbonyl (C=O) groups excluding carboxylic acids is 1. The number of rotatable bonds is 3. The molecule has 2 aliphatic heterocycles. The molecule has 118 valence electrons. The number of fused-ring (bicyclic) bond motifs is 1. The number of nitrogens with zero attached hydrogens (tertiary/aromatic N) is 3. The number of thiophene rings is 1. The van der Waals surface area contributed by atoms with Gasteiger partial charge in [-0.25, -0.2) is 0 Å². The second-order valence-electron chi connectivity index (χ2n) is 6.19. The van der Waals surface area contributed by atoms with Gasteiger partial charge in [-0.05, 0) is 45.0 Å². The highest BCUT2D eigenvalue weighted by Gasteiger charge is 2.24. The molecule has 0 bridgehead atoms. The summed E-state index contributed by atoms with van der Waals surface area (Å²) in [5.74, 6) is 0.00496. The lowest BCUT2D eigenvalue weighted by Crippen LogP contribution is -2.36. The molecule has 3 heterocycles. The van der Waals surface area contributed by atoms with Crippen LogP contribution in [-0.2, 0) is 17.8 Å². The highest BCUT2D eigenvalue weighted by Crippen LogP contribution is 2.36. The quantitative estimate of drug-likeness (QED) is 0.926. The maximum absolute atomic E-state index is 12.3. The first-order valence-electron chi connectivity index (χ1n) is 7.92. The number of nitriles is 1. The zero-order valence-electron chi connectivity index (χ0n) is 13.0. The van der Waals surface area contributed by atoms with Crippen molar-refractivity contribution in [2.75, 3.05) is 38.5 Å². The second-order valence-corrected chi connectivity index (χ2v) is 7.30. The molecule has 0 atom stereocenters. The minimum atomic E-state index is 0.00496. The summed E-state index contributed by atoms with van der Waals surface area (Å²) in [5.41, 5.74) is 1.82. The third-order valence-electron chi connectivity index (χ3n) is 4.43. The van der Waals surface area contributed by atoms with Crippen LogP contribution in [-0.4, -0.2) is 48.9 Å². The van der Waals surface area contributed by atoms with Crippen LogP contribution in [0, 0.1) is 11.3 Å². The number of piperidine rings is 1. The first-order chi connectivity index (χ1) is 10.7. The van der Waals surface area contributed by atoms with E-state index < -0.39 is 0 Å². The van der Waals surface area contributed by atoms with Gasteiger partial charge in [-0.15, -0.1) is 11.3 Å². The molecule has 3 rings (SSSR count). The molecule has 1 aromatic heterocycles. The van der Waals surface area contributed by atoms with E-state index in [9.17, 15) is 10.1 Å². The molecule has 1 aromatic rings. The third kappa shape index (κ3) is 3.32. The molecule has 1 amide bonds. The second kappa shape index (κ2) is 6.78. The molecule has 6 heteroatoms. The van der Waals surface area contributed by atoms with Crippen LogP contribution in [0.3, 0.4) is 0 Å². The van der Waals surface area contributed by atoms with Gasteiger partial charge in [0.05, 0.1) is 12.1 Å². The predicted octanol–water partition coefficient (Wildman–Crippen LogP) is 2.03. The average Bonchev–Trinajstić information content (AvgIpc) is 2.84. The Morgan fingerprint density at radius 3 is 2.82 bits per heavy atom. The highest BCUT2D eigenvalue weighted by atomic mass is 32.1. The largest absolute Gasteiger partial charge is 0.315 e. The molecular formula is C16H22N4OS. The van der Waals surface area contributed by atoms with Crippen LogP contribution < -0.4 is 5.32 Å². The van der Waals surface area contributed by atoms with E-state index in [0.29, 0.717) is 12.1 Å². The number of hydrogen-bond acceptors (Lipinski definition) is 5. The minimum Gasteiger partial charge on any atom is -0.315 e. The SMILES string of the molecule is CN1CCc2c(sc(NC(=O)CN3CCCCC3)c2C#N)C1. The van der Waals surface area contributed by atoms with E-state index in [-0.39, 0.29) is 5.91 Å². The molecule has 1 N–H and O–H groups in total. The van der Waals surface area contributed by atoms with Gasteiger partial charge in [0.2, 0.25) is 5.91 Å². The molecule has 1 fully saturated rings. The summed E-state index contributed by atoms with van der Waals surface area (Å²) in [6, 6.07) is 2.29. The summed E-state index contributed by atoms with van der Waals surface area (Å²) >= 11 is 1.57. The number of likely N-dealkylation sites (tertiary alicyclic amines) is 1. The zero-order chi connectivity index (χ0) is 15.5. The monoisotopic (exact) mass is 318 g/mol. The van der Waals surface area contributed by atoms with E-state index in [1.165, 1.54) is 24.1 Å². The van der Waals surface area contributed by atoms with Crippen LogP contribution in [0.15, 0.2) is 0 Å². The molecular weight excluding hydrogens is 296 g/mol. The van der Waals surface area contributed by atoms with Crippen LogP contribution in [0.2, 0.25) is 0 Å². The third-order valence-corrected chi connectivity index (χ3v) is 5.56. The van der Waals surface area contributed by atoms with Crippen LogP contribution in [0.25, 0.3) is 0 Å². The molecule has 0 saturated carbocycles. The first-order valence-corrected chi connectivity index (χ1v) is 8.74. The Hall–Kier alpha value is -1.42. The van der Waals surface area contributed by atoms with Gasteiger partial charge >= 0.3 is 0 Å². The Balaban J connectivity index is 1.69. The van der Waals surface area contributed by atoms with Gasteiger partial charge in [-0.3, -0.25) is 9.69 Å². The summed E-state index contributed by atoms with van der Waals surface area (Å²) in [5, 5.41) is 13.2. The molecule has 0 aromatic carbocycles. The van der Waals surface area contributed by atoms with Crippen molar-refractivity contribution in [1.82, 2.24) is 9.80 Å². The van der Waals surface area contributed by atoms with Gasteiger partial charge in [-0.2, -0.15) is 5.26 Å². The number of carbonyl (C=O) groups is 1. The maximum atomic E-state index is 12.3. The van der Waals surface area contributed by atoms with Crippen LogP contribution in [0.4, 0.5) is 5.00 Å². The lowest BCUT2D eigenvalue weighted by atomic mass is 10.0. The van der Waals surface area contributed by atoms with Crippen molar-refractivity contribution in [3.8, 4) is 6.07 Å². The van der Waals surface area contributed by atoms with Crippen molar-refractivity contribution in [1.29, 1.82) is 5.26 Å². The summed E-state index contributed by atoms with van der Waals surface area (Å²) in [6.45, 7) is 4.29. The molecule has 22 heavy (non-hydrogen) atoms. The topological polar surface area (TPSA) is 59.4 Å². The Labute approximate surface area is 135 Å². The Morgan fingerprint density at radius 1 is 1.32 bits per heavy atom. The number of amides is 1. The van der Waals surface area contributed by atoms with Gasteiger partial charge in [0.25, 0.3) is 0 Å². The normalized spacial score (nSPS) is 19.5. The van der Waals surface area contributed by atoms with Crippen LogP contribution in [0.5, 0.6) is 0 Å². The van der Waals surface area contributed by atoms with E-state index in [1.807, 2.05) is 0 Å². The van der Waals surface area contributed by atoms with E-state index in [4.69, 9.17) is 0 Å². The maximum Gasteiger partial charge on any atom is 0.239 e. The Bertz CT molecular complexity index is 598. The van der Waals surface area contributed by atoms with E-state index in [0.717, 1.165) is 43.2 Å². The summed E-state index contributed by atoms with van der Waals surface area (Å²) < 4.78 is 0. The molecule has 0 aliphatic carbocycles. The fraction of sp³-hybridized carbons (Fsp3) is 0.625. The predicted molar refractivity (Wildman–Crippen MR) is 88.0 cm³/mol. The van der Waals surface area contributed by atoms with E-state index in [2.05, 4.69) is 28.2 Å². The van der Waals surface area contributed by atoms with Crippen LogP contribution >= 0.6 is 11.3 Å². The fourth-order valence-corrected chi connectivity index (χ4v) is 4.52. The van der Waals surface area contributed by atoms with E-state index >= 15 is 0 Å². The fourth-order valence-electron chi connectivity index (χ4n) is 3.22. The van der Waals surface area contributed by atoms with Crippen molar-refractivity contribution >= 4 is 22.2 Å². The Kier molecular flexibility index (Phi) is 4.77. The smallest absolute Gasteiger partial charge is 0.239 e. The van der Waals surface area contributed by atoms with Crippen molar-refractivity contribution in [2.45, 2.75) is 32.2 Å². The van der Waals surface area contributed by atoms with Gasteiger partial charge in [0.15, 0.2) is 0 Å². The summed E-state index contributed by atoms with van der Waals surface area (Å²) in [4.78, 5) is 17.9. The Morgan fingerprint density at radius 2 is 2.09 bits per heavy atom. The first kappa shape index (κ1) is 15.5. The summed E-state index contributed by atoms with van der Waals surface area (Å²) in [6.07, 6.45) is 4.52. The summed E-state index contributed by atoms with van der Waals surface area (Å²) in [7, 11) is 2.09. The standard InChI is InChI=1S/C16H22N4OS/c1-19-8-5-12-13(9-17)16(22-14(12)10-19)18-15(21)11-20-6-3-2-4-7-20/h2-8,10-11H2,1H3,(H,18,21). The molecule has 0 unspecified atom stereocenters. The van der Waals surface area contributed by atoms with Gasteiger partial charge in [0, 0.05) is 18.0 Å². The number of nitrogens with one attached hydrogen (secondary N) is 1. The molecule has 2 aliphatic rings. The number of anilines is 1. The zero-order valence-corrected chi connectivity index (χ0v) is 13.8. The lowest BCUT2D eigenvalue weighted by Gasteiger charge is -2.25. The molecule has 5 nitrogen and oxygen atoms in total. The van der Waals surface area contributed by atoms with Crippen molar-refractivity contribution in [3.63, 3.8) is 0 Å². The van der Waals surface area contributed by atoms with Crippen LogP contribution in [0.1, 0.15) is 35.3 Å². The van der Waals surface area contributed by atoms with Gasteiger partial charge < -0.3 is 10.2 Å². The molecule has 0 spiro atoms. The number of hydrogen-bond donors (Lipinski definition) is 1. The van der Waals surface area contributed by atoms with Gasteiger partial charge in [0.1, 0.15) is 11.1 Å². The van der Waals surface area contributed by atoms with Gasteiger partial charge in [-0.1, -0.05) is 6.42 Å². The minimum absolute atomic E-state index is 0.00496. The average molecular weight is 318 g/mol.